The molecular formula is C12H24N4. The van der Waals surface area contributed by atoms with Crippen molar-refractivity contribution >= 4 is 0 Å². The van der Waals surface area contributed by atoms with Crippen LogP contribution in [0.2, 0.25) is 0 Å². The van der Waals surface area contributed by atoms with Gasteiger partial charge in [-0.15, -0.1) is 5.10 Å². The van der Waals surface area contributed by atoms with E-state index in [0.717, 1.165) is 38.2 Å². The maximum absolute atomic E-state index is 4.14. The fraction of sp³-hybridized carbons (Fsp3) is 0.833. The lowest BCUT2D eigenvalue weighted by Gasteiger charge is -2.17. The van der Waals surface area contributed by atoms with Gasteiger partial charge in [0.2, 0.25) is 0 Å². The molecule has 0 amide bonds. The van der Waals surface area contributed by atoms with Crippen LogP contribution in [-0.4, -0.2) is 21.5 Å². The van der Waals surface area contributed by atoms with E-state index in [1.54, 1.807) is 0 Å². The monoisotopic (exact) mass is 224 g/mol. The molecule has 16 heavy (non-hydrogen) atoms. The van der Waals surface area contributed by atoms with E-state index in [2.05, 4.69) is 43.3 Å². The third-order valence-corrected chi connectivity index (χ3v) is 2.41. The van der Waals surface area contributed by atoms with Gasteiger partial charge in [0.15, 0.2) is 0 Å². The standard InChI is InChI=1S/C12H24N4/c1-5-7-13-9-11-10-16(15-14-11)8-6-12(2,3)4/h10,13H,5-9H2,1-4H3. The van der Waals surface area contributed by atoms with Crippen LogP contribution in [0.15, 0.2) is 6.20 Å². The number of hydrogen-bond donors (Lipinski definition) is 1. The second kappa shape index (κ2) is 5.99. The number of nitrogens with one attached hydrogen (secondary N) is 1. The highest BCUT2D eigenvalue weighted by molar-refractivity contribution is 4.91. The molecule has 0 bridgehead atoms. The van der Waals surface area contributed by atoms with Gasteiger partial charge in [-0.25, -0.2) is 0 Å². The Kier molecular flexibility index (Phi) is 4.93. The van der Waals surface area contributed by atoms with Crippen molar-refractivity contribution in [2.24, 2.45) is 5.41 Å². The Morgan fingerprint density at radius 3 is 2.75 bits per heavy atom. The summed E-state index contributed by atoms with van der Waals surface area (Å²) >= 11 is 0. The Morgan fingerprint density at radius 1 is 1.38 bits per heavy atom. The molecule has 1 aromatic rings. The summed E-state index contributed by atoms with van der Waals surface area (Å²) in [7, 11) is 0. The van der Waals surface area contributed by atoms with Crippen LogP contribution in [-0.2, 0) is 13.1 Å². The van der Waals surface area contributed by atoms with Gasteiger partial charge >= 0.3 is 0 Å². The smallest absolute Gasteiger partial charge is 0.0964 e. The maximum Gasteiger partial charge on any atom is 0.0964 e. The fourth-order valence-electron chi connectivity index (χ4n) is 1.37. The molecule has 92 valence electrons. The van der Waals surface area contributed by atoms with E-state index in [4.69, 9.17) is 0 Å². The molecule has 0 radical (unpaired) electrons. The highest BCUT2D eigenvalue weighted by Gasteiger charge is 2.10. The third-order valence-electron chi connectivity index (χ3n) is 2.41. The van der Waals surface area contributed by atoms with Crippen molar-refractivity contribution in [3.8, 4) is 0 Å². The van der Waals surface area contributed by atoms with E-state index in [9.17, 15) is 0 Å². The largest absolute Gasteiger partial charge is 0.311 e. The summed E-state index contributed by atoms with van der Waals surface area (Å²) in [6.45, 7) is 11.7. The summed E-state index contributed by atoms with van der Waals surface area (Å²) in [6, 6.07) is 0. The third kappa shape index (κ3) is 5.26. The predicted octanol–water partition coefficient (Wildman–Crippen LogP) is 2.21. The van der Waals surface area contributed by atoms with Crippen molar-refractivity contribution in [3.63, 3.8) is 0 Å². The van der Waals surface area contributed by atoms with Crippen LogP contribution >= 0.6 is 0 Å². The van der Waals surface area contributed by atoms with Gasteiger partial charge < -0.3 is 5.32 Å². The van der Waals surface area contributed by atoms with Gasteiger partial charge in [-0.2, -0.15) is 0 Å². The molecule has 1 N–H and O–H groups in total. The first-order chi connectivity index (χ1) is 7.51. The molecule has 0 spiro atoms. The van der Waals surface area contributed by atoms with Crippen LogP contribution in [0.1, 0.15) is 46.2 Å². The second-order valence-corrected chi connectivity index (χ2v) is 5.46. The van der Waals surface area contributed by atoms with E-state index in [-0.39, 0.29) is 0 Å². The molecule has 0 fully saturated rings. The van der Waals surface area contributed by atoms with Crippen LogP contribution in [0.4, 0.5) is 0 Å². The Balaban J connectivity index is 2.33. The SMILES string of the molecule is CCCNCc1cn(CCC(C)(C)C)nn1. The van der Waals surface area contributed by atoms with Gasteiger partial charge in [-0.1, -0.05) is 32.9 Å². The number of aromatic nitrogens is 3. The molecule has 0 saturated heterocycles. The van der Waals surface area contributed by atoms with E-state index in [1.165, 1.54) is 0 Å². The van der Waals surface area contributed by atoms with Crippen LogP contribution in [0.5, 0.6) is 0 Å². The maximum atomic E-state index is 4.14. The first-order valence-corrected chi connectivity index (χ1v) is 6.11. The topological polar surface area (TPSA) is 42.7 Å². The van der Waals surface area contributed by atoms with Gasteiger partial charge in [-0.05, 0) is 24.8 Å². The van der Waals surface area contributed by atoms with Gasteiger partial charge in [0, 0.05) is 19.3 Å². The van der Waals surface area contributed by atoms with Crippen LogP contribution in [0.25, 0.3) is 0 Å². The first-order valence-electron chi connectivity index (χ1n) is 6.11. The zero-order valence-corrected chi connectivity index (χ0v) is 11.0. The van der Waals surface area contributed by atoms with E-state index in [1.807, 2.05) is 10.9 Å². The minimum atomic E-state index is 0.354. The van der Waals surface area contributed by atoms with E-state index >= 15 is 0 Å². The first kappa shape index (κ1) is 13.2. The highest BCUT2D eigenvalue weighted by Crippen LogP contribution is 2.18. The lowest BCUT2D eigenvalue weighted by atomic mass is 9.92. The molecular weight excluding hydrogens is 200 g/mol. The summed E-state index contributed by atoms with van der Waals surface area (Å²) < 4.78 is 1.94. The number of hydrogen-bond acceptors (Lipinski definition) is 3. The molecule has 4 heteroatoms. The summed E-state index contributed by atoms with van der Waals surface area (Å²) in [4.78, 5) is 0. The van der Waals surface area contributed by atoms with Gasteiger partial charge in [0.1, 0.15) is 0 Å². The molecule has 1 heterocycles. The van der Waals surface area contributed by atoms with Gasteiger partial charge in [0.05, 0.1) is 5.69 Å². The molecule has 0 aliphatic carbocycles. The van der Waals surface area contributed by atoms with Crippen molar-refractivity contribution in [2.75, 3.05) is 6.54 Å². The number of nitrogens with zero attached hydrogens (tertiary/aromatic N) is 3. The van der Waals surface area contributed by atoms with Crippen molar-refractivity contribution < 1.29 is 0 Å². The molecule has 0 saturated carbocycles. The van der Waals surface area contributed by atoms with Crippen LogP contribution in [0.3, 0.4) is 0 Å². The summed E-state index contributed by atoms with van der Waals surface area (Å²) in [6.07, 6.45) is 4.31. The molecule has 1 rings (SSSR count). The highest BCUT2D eigenvalue weighted by atomic mass is 15.4. The average molecular weight is 224 g/mol. The van der Waals surface area contributed by atoms with Crippen molar-refractivity contribution in [1.29, 1.82) is 0 Å². The van der Waals surface area contributed by atoms with Crippen molar-refractivity contribution in [1.82, 2.24) is 20.3 Å². The van der Waals surface area contributed by atoms with Crippen LogP contribution < -0.4 is 5.32 Å². The molecule has 0 aliphatic rings. The van der Waals surface area contributed by atoms with Crippen LogP contribution in [0, 0.1) is 5.41 Å². The second-order valence-electron chi connectivity index (χ2n) is 5.46. The summed E-state index contributed by atoms with van der Waals surface area (Å²) in [5, 5.41) is 11.6. The van der Waals surface area contributed by atoms with Crippen molar-refractivity contribution in [2.45, 2.75) is 53.6 Å². The lowest BCUT2D eigenvalue weighted by Crippen LogP contribution is -2.14. The normalized spacial score (nSPS) is 12.0. The quantitative estimate of drug-likeness (QED) is 0.753. The predicted molar refractivity (Wildman–Crippen MR) is 66.1 cm³/mol. The molecule has 0 unspecified atom stereocenters. The number of rotatable bonds is 6. The fourth-order valence-corrected chi connectivity index (χ4v) is 1.37. The summed E-state index contributed by atoms with van der Waals surface area (Å²) in [5.41, 5.74) is 1.38. The Hall–Kier alpha value is -0.900. The zero-order chi connectivity index (χ0) is 12.0. The molecule has 0 aliphatic heterocycles. The zero-order valence-electron chi connectivity index (χ0n) is 11.0. The Bertz CT molecular complexity index is 298. The minimum Gasteiger partial charge on any atom is -0.311 e. The average Bonchev–Trinajstić information content (AvgIpc) is 2.62. The Labute approximate surface area is 98.4 Å². The molecule has 4 nitrogen and oxygen atoms in total. The minimum absolute atomic E-state index is 0.354. The molecule has 1 aromatic heterocycles. The van der Waals surface area contributed by atoms with Gasteiger partial charge in [-0.3, -0.25) is 4.68 Å². The molecule has 0 aromatic carbocycles. The molecule has 0 atom stereocenters. The van der Waals surface area contributed by atoms with Crippen molar-refractivity contribution in [3.05, 3.63) is 11.9 Å². The lowest BCUT2D eigenvalue weighted by molar-refractivity contribution is 0.339. The number of aryl methyl sites for hydroxylation is 1. The van der Waals surface area contributed by atoms with Gasteiger partial charge in [0.25, 0.3) is 0 Å². The summed E-state index contributed by atoms with van der Waals surface area (Å²) in [5.74, 6) is 0. The Morgan fingerprint density at radius 2 is 2.12 bits per heavy atom. The van der Waals surface area contributed by atoms with E-state index in [0.29, 0.717) is 5.41 Å². The van der Waals surface area contributed by atoms with E-state index < -0.39 is 0 Å².